The summed E-state index contributed by atoms with van der Waals surface area (Å²) in [5.74, 6) is -11.4. The van der Waals surface area contributed by atoms with Gasteiger partial charge in [-0.1, -0.05) is 30.3 Å². The number of halogens is 5. The van der Waals surface area contributed by atoms with E-state index >= 15 is 0 Å². The minimum absolute atomic E-state index is 0.0199. The Kier molecular flexibility index (Phi) is 6.14. The minimum atomic E-state index is -2.28. The van der Waals surface area contributed by atoms with Crippen LogP contribution in [0.1, 0.15) is 41.2 Å². The Balaban J connectivity index is 1.43. The third kappa shape index (κ3) is 3.83. The largest absolute Gasteiger partial charge is 0.458 e. The number of benzene rings is 2. The molecule has 0 radical (unpaired) electrons. The van der Waals surface area contributed by atoms with Crippen molar-refractivity contribution < 1.29 is 41.4 Å². The van der Waals surface area contributed by atoms with E-state index < -0.39 is 58.4 Å². The lowest BCUT2D eigenvalue weighted by atomic mass is 9.86. The Labute approximate surface area is 227 Å². The van der Waals surface area contributed by atoms with Crippen molar-refractivity contribution in [2.24, 2.45) is 5.16 Å². The lowest BCUT2D eigenvalue weighted by molar-refractivity contribution is -0.172. The molecule has 0 spiro atoms. The number of pyridine rings is 2. The number of nitrogens with zero attached hydrogens (tertiary/aromatic N) is 3. The van der Waals surface area contributed by atoms with Gasteiger partial charge < -0.3 is 19.2 Å². The van der Waals surface area contributed by atoms with Crippen LogP contribution in [-0.2, 0) is 39.7 Å². The molecule has 41 heavy (non-hydrogen) atoms. The molecule has 0 aliphatic carbocycles. The summed E-state index contributed by atoms with van der Waals surface area (Å²) in [4.78, 5) is 35.5. The lowest BCUT2D eigenvalue weighted by Gasteiger charge is -2.31. The van der Waals surface area contributed by atoms with Gasteiger partial charge in [0.15, 0.2) is 28.9 Å². The van der Waals surface area contributed by atoms with Gasteiger partial charge in [0.1, 0.15) is 13.2 Å². The summed E-state index contributed by atoms with van der Waals surface area (Å²) >= 11 is 0. The van der Waals surface area contributed by atoms with Gasteiger partial charge >= 0.3 is 5.97 Å². The van der Waals surface area contributed by atoms with Gasteiger partial charge in [-0.25, -0.2) is 31.7 Å². The molecule has 0 fully saturated rings. The molecule has 1 atom stereocenters. The number of esters is 1. The Morgan fingerprint density at radius 1 is 1.07 bits per heavy atom. The summed E-state index contributed by atoms with van der Waals surface area (Å²) < 4.78 is 74.9. The molecule has 0 bridgehead atoms. The van der Waals surface area contributed by atoms with Crippen LogP contribution in [0, 0.1) is 29.1 Å². The molecule has 0 saturated carbocycles. The van der Waals surface area contributed by atoms with Crippen LogP contribution in [0.5, 0.6) is 0 Å². The molecular weight excluding hydrogens is 553 g/mol. The first-order valence-corrected chi connectivity index (χ1v) is 12.3. The molecule has 4 aromatic rings. The van der Waals surface area contributed by atoms with E-state index in [-0.39, 0.29) is 30.7 Å². The summed E-state index contributed by atoms with van der Waals surface area (Å²) in [7, 11) is 0. The summed E-state index contributed by atoms with van der Waals surface area (Å²) in [6.45, 7) is 0.249. The molecular formula is C28H18F5N3O5. The topological polar surface area (TPSA) is 103 Å². The van der Waals surface area contributed by atoms with Gasteiger partial charge in [-0.05, 0) is 18.6 Å². The van der Waals surface area contributed by atoms with E-state index in [0.29, 0.717) is 33.4 Å². The fourth-order valence-electron chi connectivity index (χ4n) is 5.18. The number of aliphatic hydroxyl groups is 1. The lowest BCUT2D eigenvalue weighted by Crippen LogP contribution is -2.44. The number of rotatable bonds is 5. The zero-order chi connectivity index (χ0) is 29.2. The second-order valence-corrected chi connectivity index (χ2v) is 9.53. The average Bonchev–Trinajstić information content (AvgIpc) is 3.35. The van der Waals surface area contributed by atoms with Crippen molar-refractivity contribution >= 4 is 23.1 Å². The number of fused-ring (bicyclic) bond motifs is 5. The maximum atomic E-state index is 14.0. The van der Waals surface area contributed by atoms with Crippen molar-refractivity contribution in [3.8, 4) is 11.4 Å². The fraction of sp³-hybridized carbons (Fsp3) is 0.214. The predicted molar refractivity (Wildman–Crippen MR) is 133 cm³/mol. The van der Waals surface area contributed by atoms with Crippen LogP contribution < -0.4 is 5.56 Å². The molecule has 0 amide bonds. The minimum Gasteiger partial charge on any atom is -0.458 e. The van der Waals surface area contributed by atoms with Crippen molar-refractivity contribution in [3.63, 3.8) is 0 Å². The highest BCUT2D eigenvalue weighted by Gasteiger charge is 2.45. The molecule has 210 valence electrons. The molecule has 2 aromatic carbocycles. The zero-order valence-electron chi connectivity index (χ0n) is 21.1. The van der Waals surface area contributed by atoms with Gasteiger partial charge in [-0.15, -0.1) is 0 Å². The Morgan fingerprint density at radius 2 is 1.76 bits per heavy atom. The Bertz CT molecular complexity index is 1860. The molecule has 0 saturated heterocycles. The van der Waals surface area contributed by atoms with Crippen LogP contribution in [-0.4, -0.2) is 26.8 Å². The number of ether oxygens (including phenoxy) is 1. The quantitative estimate of drug-likeness (QED) is 0.0842. The molecule has 8 nitrogen and oxygen atoms in total. The molecule has 4 heterocycles. The van der Waals surface area contributed by atoms with E-state index in [4.69, 9.17) is 9.57 Å². The zero-order valence-corrected chi connectivity index (χ0v) is 21.1. The van der Waals surface area contributed by atoms with Crippen LogP contribution in [0.15, 0.2) is 40.3 Å². The number of hydrogen-bond acceptors (Lipinski definition) is 7. The van der Waals surface area contributed by atoms with Crippen LogP contribution >= 0.6 is 0 Å². The smallest absolute Gasteiger partial charge is 0.343 e. The van der Waals surface area contributed by atoms with Gasteiger partial charge in [0, 0.05) is 22.1 Å². The second-order valence-electron chi connectivity index (χ2n) is 9.53. The van der Waals surface area contributed by atoms with E-state index in [1.807, 2.05) is 0 Å². The van der Waals surface area contributed by atoms with Crippen molar-refractivity contribution in [1.29, 1.82) is 0 Å². The van der Waals surface area contributed by atoms with E-state index in [2.05, 4.69) is 10.1 Å². The van der Waals surface area contributed by atoms with Crippen molar-refractivity contribution in [2.45, 2.75) is 38.7 Å². The molecule has 2 aliphatic rings. The van der Waals surface area contributed by atoms with Crippen LogP contribution in [0.4, 0.5) is 22.0 Å². The molecule has 13 heteroatoms. The van der Waals surface area contributed by atoms with Gasteiger partial charge in [-0.2, -0.15) is 0 Å². The van der Waals surface area contributed by atoms with E-state index in [0.717, 1.165) is 0 Å². The third-order valence-electron chi connectivity index (χ3n) is 7.41. The number of carbonyl (C=O) groups excluding carboxylic acids is 1. The number of aromatic nitrogens is 2. The Morgan fingerprint density at radius 3 is 2.46 bits per heavy atom. The first-order chi connectivity index (χ1) is 19.6. The van der Waals surface area contributed by atoms with E-state index in [1.54, 1.807) is 31.2 Å². The van der Waals surface area contributed by atoms with E-state index in [9.17, 15) is 36.6 Å². The monoisotopic (exact) mass is 571 g/mol. The summed E-state index contributed by atoms with van der Waals surface area (Å²) in [5.41, 5.74) is -1.29. The second kappa shape index (κ2) is 9.47. The predicted octanol–water partition coefficient (Wildman–Crippen LogP) is 4.33. The third-order valence-corrected chi connectivity index (χ3v) is 7.41. The molecule has 1 N–H and O–H groups in total. The highest BCUT2D eigenvalue weighted by atomic mass is 19.2. The van der Waals surface area contributed by atoms with Gasteiger partial charge in [0.25, 0.3) is 5.56 Å². The first-order valence-electron chi connectivity index (χ1n) is 12.3. The highest BCUT2D eigenvalue weighted by Crippen LogP contribution is 2.39. The molecule has 2 aromatic heterocycles. The standard InChI is InChI=1S/C28H18F5N3O5/c1-2-28(39)17-7-19-25-14(9-36(19)26(37)15(17)10-40-27(28)38)13(12-5-3-4-6-18(12)35-25)8-34-41-11-16-20(29)22(31)24(33)23(32)21(16)30/h3-8,39H,2,9-11H2,1H3/b34-8+/t28-/m0/s1. The van der Waals surface area contributed by atoms with Crippen molar-refractivity contribution in [1.82, 2.24) is 9.55 Å². The number of carbonyl (C=O) groups is 1. The van der Waals surface area contributed by atoms with Crippen LogP contribution in [0.2, 0.25) is 0 Å². The summed E-state index contributed by atoms with van der Waals surface area (Å²) in [6.07, 6.45) is 1.17. The number of hydrogen-bond donors (Lipinski definition) is 1. The average molecular weight is 571 g/mol. The first kappa shape index (κ1) is 26.6. The molecule has 2 aliphatic heterocycles. The maximum absolute atomic E-state index is 14.0. The van der Waals surface area contributed by atoms with Gasteiger partial charge in [-0.3, -0.25) is 4.79 Å². The fourth-order valence-corrected chi connectivity index (χ4v) is 5.18. The van der Waals surface area contributed by atoms with Crippen molar-refractivity contribution in [3.05, 3.63) is 97.6 Å². The van der Waals surface area contributed by atoms with Gasteiger partial charge in [0.05, 0.1) is 40.8 Å². The normalized spacial score (nSPS) is 17.5. The summed E-state index contributed by atoms with van der Waals surface area (Å²) in [5, 5.41) is 15.3. The van der Waals surface area contributed by atoms with Crippen LogP contribution in [0.3, 0.4) is 0 Å². The van der Waals surface area contributed by atoms with E-state index in [1.165, 1.54) is 16.8 Å². The summed E-state index contributed by atoms with van der Waals surface area (Å²) in [6, 6.07) is 8.40. The molecule has 0 unspecified atom stereocenters. The molecule has 6 rings (SSSR count). The highest BCUT2D eigenvalue weighted by molar-refractivity contribution is 6.02. The number of cyclic esters (lactones) is 1. The number of para-hydroxylation sites is 1. The van der Waals surface area contributed by atoms with Gasteiger partial charge in [0.2, 0.25) is 5.82 Å². The Hall–Kier alpha value is -4.65. The van der Waals surface area contributed by atoms with Crippen LogP contribution in [0.25, 0.3) is 22.3 Å². The maximum Gasteiger partial charge on any atom is 0.343 e. The number of oxime groups is 1. The van der Waals surface area contributed by atoms with Crippen molar-refractivity contribution in [2.75, 3.05) is 0 Å². The SMILES string of the molecule is CC[C@@]1(O)C(=O)OCc2c1cc1n(c2=O)Cc2c-1nc1ccccc1c2/C=N/OCc1c(F)c(F)c(F)c(F)c1F.